The summed E-state index contributed by atoms with van der Waals surface area (Å²) in [6, 6.07) is 8.30. The molecule has 132 valence electrons. The van der Waals surface area contributed by atoms with Gasteiger partial charge < -0.3 is 0 Å². The van der Waals surface area contributed by atoms with E-state index in [0.717, 1.165) is 32.8 Å². The maximum Gasteiger partial charge on any atom is 0.263 e. The second-order valence-corrected chi connectivity index (χ2v) is 10.4. The number of anilines is 1. The van der Waals surface area contributed by atoms with Crippen molar-refractivity contribution in [1.29, 1.82) is 0 Å². The monoisotopic (exact) mass is 416 g/mol. The van der Waals surface area contributed by atoms with Crippen LogP contribution in [-0.2, 0) is 10.0 Å². The van der Waals surface area contributed by atoms with Crippen molar-refractivity contribution in [2.75, 3.05) is 4.72 Å². The summed E-state index contributed by atoms with van der Waals surface area (Å²) in [5.74, 6) is -0.592. The first-order chi connectivity index (χ1) is 11.7. The molecule has 0 saturated heterocycles. The Morgan fingerprint density at radius 3 is 2.68 bits per heavy atom. The van der Waals surface area contributed by atoms with Crippen molar-refractivity contribution in [2.24, 2.45) is 0 Å². The minimum absolute atomic E-state index is 0.165. The minimum atomic E-state index is -3.91. The van der Waals surface area contributed by atoms with E-state index in [0.29, 0.717) is 10.9 Å². The van der Waals surface area contributed by atoms with Crippen LogP contribution in [0.15, 0.2) is 45.6 Å². The number of nitrogens with one attached hydrogen (secondary N) is 1. The number of benzene rings is 2. The largest absolute Gasteiger partial charge is 0.280 e. The third-order valence-corrected chi connectivity index (χ3v) is 7.12. The summed E-state index contributed by atoms with van der Waals surface area (Å²) in [4.78, 5) is 4.34. The van der Waals surface area contributed by atoms with E-state index < -0.39 is 15.8 Å². The normalized spacial score (nSPS) is 12.0. The number of thiazole rings is 1. The highest BCUT2D eigenvalue weighted by Crippen LogP contribution is 2.34. The van der Waals surface area contributed by atoms with Crippen LogP contribution in [0.4, 0.5) is 10.1 Å². The molecule has 0 radical (unpaired) electrons. The lowest BCUT2D eigenvalue weighted by Gasteiger charge is -2.09. The predicted molar refractivity (Wildman–Crippen MR) is 103 cm³/mol. The zero-order valence-corrected chi connectivity index (χ0v) is 16.5. The molecule has 0 aliphatic carbocycles. The van der Waals surface area contributed by atoms with E-state index in [4.69, 9.17) is 11.6 Å². The van der Waals surface area contributed by atoms with E-state index in [1.165, 1.54) is 11.3 Å². The quantitative estimate of drug-likeness (QED) is 0.566. The molecule has 25 heavy (non-hydrogen) atoms. The molecule has 9 heteroatoms. The van der Waals surface area contributed by atoms with Crippen molar-refractivity contribution in [3.05, 3.63) is 47.2 Å². The zero-order valence-electron chi connectivity index (χ0n) is 13.3. The summed E-state index contributed by atoms with van der Waals surface area (Å²) in [5, 5.41) is 0.251. The van der Waals surface area contributed by atoms with Crippen LogP contribution in [0, 0.1) is 5.82 Å². The molecule has 0 spiro atoms. The van der Waals surface area contributed by atoms with Crippen molar-refractivity contribution in [2.45, 2.75) is 28.3 Å². The minimum Gasteiger partial charge on any atom is -0.280 e. The molecule has 0 aliphatic rings. The van der Waals surface area contributed by atoms with Crippen molar-refractivity contribution < 1.29 is 12.8 Å². The van der Waals surface area contributed by atoms with E-state index >= 15 is 0 Å². The maximum atomic E-state index is 13.1. The molecule has 0 saturated carbocycles. The molecule has 0 aliphatic heterocycles. The van der Waals surface area contributed by atoms with E-state index in [-0.39, 0.29) is 9.92 Å². The van der Waals surface area contributed by atoms with Crippen LogP contribution >= 0.6 is 34.7 Å². The highest BCUT2D eigenvalue weighted by molar-refractivity contribution is 8.01. The fourth-order valence-electron chi connectivity index (χ4n) is 2.12. The molecule has 0 atom stereocenters. The fourth-order valence-corrected chi connectivity index (χ4v) is 6.03. The fraction of sp³-hybridized carbons (Fsp3) is 0.188. The summed E-state index contributed by atoms with van der Waals surface area (Å²) in [6.07, 6.45) is 0. The van der Waals surface area contributed by atoms with E-state index in [1.54, 1.807) is 30.0 Å². The van der Waals surface area contributed by atoms with Crippen LogP contribution in [0.25, 0.3) is 10.2 Å². The summed E-state index contributed by atoms with van der Waals surface area (Å²) in [7, 11) is -3.91. The molecule has 2 aromatic carbocycles. The first-order valence-corrected chi connectivity index (χ1v) is 10.9. The molecule has 3 aromatic rings. The van der Waals surface area contributed by atoms with Gasteiger partial charge in [-0.05, 0) is 36.4 Å². The zero-order chi connectivity index (χ0) is 18.2. The molecular weight excluding hydrogens is 403 g/mol. The molecule has 0 fully saturated rings. The van der Waals surface area contributed by atoms with Gasteiger partial charge in [0, 0.05) is 5.25 Å². The van der Waals surface area contributed by atoms with Crippen molar-refractivity contribution >= 4 is 60.6 Å². The summed E-state index contributed by atoms with van der Waals surface area (Å²) in [6.45, 7) is 4.17. The Morgan fingerprint density at radius 1 is 1.24 bits per heavy atom. The average molecular weight is 417 g/mol. The van der Waals surface area contributed by atoms with Crippen LogP contribution in [0.2, 0.25) is 5.02 Å². The van der Waals surface area contributed by atoms with Crippen LogP contribution in [-0.4, -0.2) is 18.7 Å². The summed E-state index contributed by atoms with van der Waals surface area (Å²) in [5.41, 5.74) is 1.22. The van der Waals surface area contributed by atoms with Gasteiger partial charge in [-0.15, -0.1) is 11.3 Å². The van der Waals surface area contributed by atoms with Crippen LogP contribution in [0.5, 0.6) is 0 Å². The molecule has 0 amide bonds. The number of hydrogen-bond donors (Lipinski definition) is 1. The molecule has 1 N–H and O–H groups in total. The number of aromatic nitrogens is 1. The highest BCUT2D eigenvalue weighted by Gasteiger charge is 2.19. The van der Waals surface area contributed by atoms with Gasteiger partial charge in [-0.25, -0.2) is 17.8 Å². The molecule has 0 unspecified atom stereocenters. The Balaban J connectivity index is 1.91. The SMILES string of the molecule is CC(C)Sc1nc2ccc(NS(=O)(=O)c3ccc(F)cc3Cl)cc2s1. The summed E-state index contributed by atoms with van der Waals surface area (Å²) < 4.78 is 42.4. The van der Waals surface area contributed by atoms with Crippen LogP contribution in [0.3, 0.4) is 0 Å². The smallest absolute Gasteiger partial charge is 0.263 e. The van der Waals surface area contributed by atoms with E-state index in [2.05, 4.69) is 23.6 Å². The van der Waals surface area contributed by atoms with E-state index in [1.807, 2.05) is 0 Å². The van der Waals surface area contributed by atoms with Gasteiger partial charge in [0.25, 0.3) is 10.0 Å². The number of sulfonamides is 1. The average Bonchev–Trinajstić information content (AvgIpc) is 2.86. The Labute approximate surface area is 158 Å². The van der Waals surface area contributed by atoms with Gasteiger partial charge in [0.1, 0.15) is 10.7 Å². The number of fused-ring (bicyclic) bond motifs is 1. The molecule has 0 bridgehead atoms. The molecule has 3 rings (SSSR count). The molecule has 1 aromatic heterocycles. The standard InChI is InChI=1S/C16H14ClFN2O2S3/c1-9(2)23-16-19-13-5-4-11(8-14(13)24-16)20-25(21,22)15-6-3-10(18)7-12(15)17/h3-9,20H,1-2H3. The second kappa shape index (κ2) is 7.11. The van der Waals surface area contributed by atoms with Gasteiger partial charge >= 0.3 is 0 Å². The highest BCUT2D eigenvalue weighted by atomic mass is 35.5. The van der Waals surface area contributed by atoms with Gasteiger partial charge in [-0.2, -0.15) is 0 Å². The van der Waals surface area contributed by atoms with Gasteiger partial charge in [-0.3, -0.25) is 4.72 Å². The van der Waals surface area contributed by atoms with Crippen molar-refractivity contribution in [3.8, 4) is 0 Å². The molecular formula is C16H14ClFN2O2S3. The molecule has 4 nitrogen and oxygen atoms in total. The number of halogens is 2. The van der Waals surface area contributed by atoms with Crippen molar-refractivity contribution in [1.82, 2.24) is 4.98 Å². The number of hydrogen-bond acceptors (Lipinski definition) is 5. The Kier molecular flexibility index (Phi) is 5.24. The maximum absolute atomic E-state index is 13.1. The second-order valence-electron chi connectivity index (χ2n) is 5.51. The topological polar surface area (TPSA) is 59.1 Å². The lowest BCUT2D eigenvalue weighted by atomic mass is 10.3. The predicted octanol–water partition coefficient (Wildman–Crippen LogP) is 5.39. The van der Waals surface area contributed by atoms with Crippen molar-refractivity contribution in [3.63, 3.8) is 0 Å². The van der Waals surface area contributed by atoms with Gasteiger partial charge in [-0.1, -0.05) is 37.2 Å². The van der Waals surface area contributed by atoms with Crippen LogP contribution in [0.1, 0.15) is 13.8 Å². The lowest BCUT2D eigenvalue weighted by molar-refractivity contribution is 0.600. The van der Waals surface area contributed by atoms with Gasteiger partial charge in [0.05, 0.1) is 20.9 Å². The van der Waals surface area contributed by atoms with Gasteiger partial charge in [0.15, 0.2) is 4.34 Å². The Morgan fingerprint density at radius 2 is 2.00 bits per heavy atom. The summed E-state index contributed by atoms with van der Waals surface area (Å²) >= 11 is 9.02. The first-order valence-electron chi connectivity index (χ1n) is 7.30. The van der Waals surface area contributed by atoms with E-state index in [9.17, 15) is 12.8 Å². The number of thioether (sulfide) groups is 1. The first kappa shape index (κ1) is 18.4. The van der Waals surface area contributed by atoms with Crippen LogP contribution < -0.4 is 4.72 Å². The third kappa shape index (κ3) is 4.25. The Bertz CT molecular complexity index is 1040. The third-order valence-electron chi connectivity index (χ3n) is 3.14. The van der Waals surface area contributed by atoms with Gasteiger partial charge in [0.2, 0.25) is 0 Å². The lowest BCUT2D eigenvalue weighted by Crippen LogP contribution is -2.13. The Hall–Kier alpha value is -1.35. The molecule has 1 heterocycles. The number of rotatable bonds is 5. The number of nitrogens with zero attached hydrogens (tertiary/aromatic N) is 1.